The zero-order chi connectivity index (χ0) is 8.93. The highest BCUT2D eigenvalue weighted by Crippen LogP contribution is 2.22. The molecule has 0 atom stereocenters. The van der Waals surface area contributed by atoms with Crippen molar-refractivity contribution < 1.29 is 4.74 Å². The lowest BCUT2D eigenvalue weighted by atomic mass is 9.96. The predicted molar refractivity (Wildman–Crippen MR) is 53.8 cm³/mol. The molecule has 13 heavy (non-hydrogen) atoms. The number of unbranched alkanes of at least 4 members (excludes halogenated alkanes) is 1. The third kappa shape index (κ3) is 3.65. The summed E-state index contributed by atoms with van der Waals surface area (Å²) in [6.45, 7) is 2.18. The Balaban J connectivity index is 1.32. The molecule has 2 heteroatoms. The Morgan fingerprint density at radius 2 is 1.92 bits per heavy atom. The fourth-order valence-electron chi connectivity index (χ4n) is 1.61. The van der Waals surface area contributed by atoms with Crippen LogP contribution in [0.25, 0.3) is 0 Å². The molecule has 2 saturated carbocycles. The van der Waals surface area contributed by atoms with Gasteiger partial charge in [-0.15, -0.1) is 0 Å². The third-order valence-corrected chi connectivity index (χ3v) is 2.99. The van der Waals surface area contributed by atoms with Crippen LogP contribution in [0.2, 0.25) is 0 Å². The minimum absolute atomic E-state index is 0.622. The summed E-state index contributed by atoms with van der Waals surface area (Å²) < 4.78 is 5.67. The van der Waals surface area contributed by atoms with Gasteiger partial charge in [-0.1, -0.05) is 0 Å². The molecule has 0 spiro atoms. The van der Waals surface area contributed by atoms with Crippen molar-refractivity contribution in [2.24, 2.45) is 0 Å². The van der Waals surface area contributed by atoms with Gasteiger partial charge in [-0.25, -0.2) is 0 Å². The summed E-state index contributed by atoms with van der Waals surface area (Å²) in [6, 6.07) is 0.868. The lowest BCUT2D eigenvalue weighted by Crippen LogP contribution is -2.22. The van der Waals surface area contributed by atoms with Crippen LogP contribution in [-0.2, 0) is 4.74 Å². The molecule has 0 aliphatic heterocycles. The molecule has 0 radical (unpaired) electrons. The topological polar surface area (TPSA) is 21.3 Å². The van der Waals surface area contributed by atoms with Crippen molar-refractivity contribution in [1.82, 2.24) is 5.32 Å². The van der Waals surface area contributed by atoms with E-state index in [-0.39, 0.29) is 0 Å². The van der Waals surface area contributed by atoms with Crippen molar-refractivity contribution in [1.29, 1.82) is 0 Å². The number of hydrogen-bond acceptors (Lipinski definition) is 2. The second-order valence-electron chi connectivity index (χ2n) is 4.36. The van der Waals surface area contributed by atoms with Crippen molar-refractivity contribution in [3.05, 3.63) is 0 Å². The third-order valence-electron chi connectivity index (χ3n) is 2.99. The van der Waals surface area contributed by atoms with E-state index in [9.17, 15) is 0 Å². The molecular formula is C11H21NO. The van der Waals surface area contributed by atoms with Gasteiger partial charge in [-0.3, -0.25) is 0 Å². The SMILES string of the molecule is C(CCOC1CCC1)CNC1CC1. The van der Waals surface area contributed by atoms with Gasteiger partial charge in [0, 0.05) is 12.6 Å². The summed E-state index contributed by atoms with van der Waals surface area (Å²) in [6.07, 6.45) is 9.93. The average molecular weight is 183 g/mol. The smallest absolute Gasteiger partial charge is 0.0575 e. The molecule has 2 nitrogen and oxygen atoms in total. The second kappa shape index (κ2) is 4.97. The Bertz CT molecular complexity index is 141. The lowest BCUT2D eigenvalue weighted by Gasteiger charge is -2.25. The molecule has 2 fully saturated rings. The summed E-state index contributed by atoms with van der Waals surface area (Å²) >= 11 is 0. The summed E-state index contributed by atoms with van der Waals surface area (Å²) in [7, 11) is 0. The number of nitrogens with one attached hydrogen (secondary N) is 1. The van der Waals surface area contributed by atoms with Crippen molar-refractivity contribution in [3.63, 3.8) is 0 Å². The summed E-state index contributed by atoms with van der Waals surface area (Å²) in [5, 5.41) is 3.52. The molecule has 2 rings (SSSR count). The molecule has 0 unspecified atom stereocenters. The van der Waals surface area contributed by atoms with E-state index in [0.29, 0.717) is 6.10 Å². The summed E-state index contributed by atoms with van der Waals surface area (Å²) in [5.41, 5.74) is 0. The molecule has 0 bridgehead atoms. The first kappa shape index (κ1) is 9.47. The highest BCUT2D eigenvalue weighted by atomic mass is 16.5. The molecule has 0 aromatic carbocycles. The van der Waals surface area contributed by atoms with Crippen molar-refractivity contribution in [3.8, 4) is 0 Å². The van der Waals surface area contributed by atoms with E-state index in [1.807, 2.05) is 0 Å². The number of hydrogen-bond donors (Lipinski definition) is 1. The molecular weight excluding hydrogens is 162 g/mol. The van der Waals surface area contributed by atoms with E-state index in [2.05, 4.69) is 5.32 Å². The maximum atomic E-state index is 5.67. The van der Waals surface area contributed by atoms with Gasteiger partial charge in [0.2, 0.25) is 0 Å². The molecule has 0 aromatic rings. The van der Waals surface area contributed by atoms with Crippen molar-refractivity contribution in [2.75, 3.05) is 13.2 Å². The normalized spacial score (nSPS) is 23.1. The van der Waals surface area contributed by atoms with Gasteiger partial charge in [0.15, 0.2) is 0 Å². The van der Waals surface area contributed by atoms with E-state index in [0.717, 1.165) is 12.6 Å². The van der Waals surface area contributed by atoms with E-state index in [1.54, 1.807) is 0 Å². The monoisotopic (exact) mass is 183 g/mol. The standard InChI is InChI=1S/C11H21NO/c1(8-12-10-6-7-10)2-9-13-11-4-3-5-11/h10-12H,1-9H2. The Hall–Kier alpha value is -0.0800. The molecule has 0 heterocycles. The van der Waals surface area contributed by atoms with Gasteiger partial charge in [0.1, 0.15) is 0 Å². The first-order valence-electron chi connectivity index (χ1n) is 5.80. The first-order chi connectivity index (χ1) is 6.45. The van der Waals surface area contributed by atoms with Crippen LogP contribution >= 0.6 is 0 Å². The summed E-state index contributed by atoms with van der Waals surface area (Å²) in [4.78, 5) is 0. The van der Waals surface area contributed by atoms with E-state index in [1.165, 1.54) is 51.5 Å². The van der Waals surface area contributed by atoms with Crippen LogP contribution < -0.4 is 5.32 Å². The fraction of sp³-hybridized carbons (Fsp3) is 1.00. The Labute approximate surface area is 81.0 Å². The lowest BCUT2D eigenvalue weighted by molar-refractivity contribution is 0.000830. The minimum atomic E-state index is 0.622. The molecule has 76 valence electrons. The predicted octanol–water partition coefficient (Wildman–Crippen LogP) is 2.09. The maximum absolute atomic E-state index is 5.67. The molecule has 1 N–H and O–H groups in total. The number of ether oxygens (including phenoxy) is 1. The maximum Gasteiger partial charge on any atom is 0.0575 e. The van der Waals surface area contributed by atoms with Crippen LogP contribution in [0.5, 0.6) is 0 Å². The quantitative estimate of drug-likeness (QED) is 0.610. The van der Waals surface area contributed by atoms with Gasteiger partial charge in [-0.2, -0.15) is 0 Å². The highest BCUT2D eigenvalue weighted by Gasteiger charge is 2.19. The van der Waals surface area contributed by atoms with Gasteiger partial charge < -0.3 is 10.1 Å². The molecule has 0 amide bonds. The molecule has 2 aliphatic carbocycles. The molecule has 0 aromatic heterocycles. The Morgan fingerprint density at radius 3 is 2.54 bits per heavy atom. The second-order valence-corrected chi connectivity index (χ2v) is 4.36. The highest BCUT2D eigenvalue weighted by molar-refractivity contribution is 4.80. The number of rotatable bonds is 7. The Kier molecular flexibility index (Phi) is 3.62. The van der Waals surface area contributed by atoms with Crippen LogP contribution in [0.3, 0.4) is 0 Å². The zero-order valence-corrected chi connectivity index (χ0v) is 8.43. The Morgan fingerprint density at radius 1 is 1.08 bits per heavy atom. The van der Waals surface area contributed by atoms with Crippen LogP contribution in [0.4, 0.5) is 0 Å². The molecule has 2 aliphatic rings. The summed E-state index contributed by atoms with van der Waals surface area (Å²) in [5.74, 6) is 0. The van der Waals surface area contributed by atoms with Crippen LogP contribution in [-0.4, -0.2) is 25.3 Å². The van der Waals surface area contributed by atoms with Gasteiger partial charge >= 0.3 is 0 Å². The van der Waals surface area contributed by atoms with Crippen LogP contribution in [0.1, 0.15) is 44.9 Å². The van der Waals surface area contributed by atoms with Crippen molar-refractivity contribution in [2.45, 2.75) is 57.1 Å². The van der Waals surface area contributed by atoms with E-state index >= 15 is 0 Å². The van der Waals surface area contributed by atoms with Crippen LogP contribution in [0.15, 0.2) is 0 Å². The van der Waals surface area contributed by atoms with Gasteiger partial charge in [-0.05, 0) is 51.5 Å². The minimum Gasteiger partial charge on any atom is -0.378 e. The van der Waals surface area contributed by atoms with Crippen molar-refractivity contribution >= 4 is 0 Å². The van der Waals surface area contributed by atoms with Gasteiger partial charge in [0.05, 0.1) is 6.10 Å². The fourth-order valence-corrected chi connectivity index (χ4v) is 1.61. The zero-order valence-electron chi connectivity index (χ0n) is 8.43. The van der Waals surface area contributed by atoms with E-state index in [4.69, 9.17) is 4.74 Å². The van der Waals surface area contributed by atoms with Gasteiger partial charge in [0.25, 0.3) is 0 Å². The van der Waals surface area contributed by atoms with Crippen LogP contribution in [0, 0.1) is 0 Å². The first-order valence-corrected chi connectivity index (χ1v) is 5.80. The van der Waals surface area contributed by atoms with E-state index < -0.39 is 0 Å². The largest absolute Gasteiger partial charge is 0.378 e. The average Bonchev–Trinajstić information content (AvgIpc) is 2.83. The molecule has 0 saturated heterocycles.